The number of amides is 2. The minimum Gasteiger partial charge on any atom is -0.755 e. The molecule has 0 radical (unpaired) electrons. The summed E-state index contributed by atoms with van der Waals surface area (Å²) in [5.74, 6) is 0. The highest BCUT2D eigenvalue weighted by atomic mass is 79.9. The van der Waals surface area contributed by atoms with Crippen LogP contribution >= 0.6 is 15.9 Å². The quantitative estimate of drug-likeness (QED) is 0.353. The minimum atomic E-state index is -2.66. The van der Waals surface area contributed by atoms with Crippen LogP contribution in [0.5, 0.6) is 0 Å². The Bertz CT molecular complexity index is 1280. The summed E-state index contributed by atoms with van der Waals surface area (Å²) in [4.78, 5) is 16.9. The number of nitrogens with zero attached hydrogens (tertiary/aromatic N) is 2. The molecule has 31 heavy (non-hydrogen) atoms. The molecule has 0 aliphatic carbocycles. The van der Waals surface area contributed by atoms with Gasteiger partial charge in [0.05, 0.1) is 39.5 Å². The Kier molecular flexibility index (Phi) is 6.26. The van der Waals surface area contributed by atoms with Gasteiger partial charge < -0.3 is 15.2 Å². The van der Waals surface area contributed by atoms with E-state index < -0.39 is 17.3 Å². The van der Waals surface area contributed by atoms with E-state index in [1.54, 1.807) is 66.9 Å². The number of rotatable bonds is 5. The zero-order valence-corrected chi connectivity index (χ0v) is 18.4. The first kappa shape index (κ1) is 21.0. The van der Waals surface area contributed by atoms with E-state index in [4.69, 9.17) is 0 Å². The topological polar surface area (TPSA) is 97.4 Å². The maximum atomic E-state index is 12.6. The lowest BCUT2D eigenvalue weighted by Crippen LogP contribution is -2.24. The molecule has 0 bridgehead atoms. The average Bonchev–Trinajstić information content (AvgIpc) is 2.77. The molecule has 1 unspecified atom stereocenters. The standard InChI is InChI=1S/C22H17BrN4O3S/c23-16-9-1-2-10-17(16)25-22(28)26-18-11-3-4-12-19(18)27(31(29)30)20-13-5-7-15-8-6-14-24-21(15)20/h1-14H,(H,29,30)(H2,25,26,28)/p-1. The maximum Gasteiger partial charge on any atom is 0.323 e. The summed E-state index contributed by atoms with van der Waals surface area (Å²) in [6.07, 6.45) is 1.60. The van der Waals surface area contributed by atoms with Crippen LogP contribution in [0, 0.1) is 0 Å². The van der Waals surface area contributed by atoms with Crippen LogP contribution in [0.1, 0.15) is 0 Å². The first-order chi connectivity index (χ1) is 15.0. The second kappa shape index (κ2) is 9.25. The van der Waals surface area contributed by atoms with Gasteiger partial charge in [-0.15, -0.1) is 0 Å². The van der Waals surface area contributed by atoms with Gasteiger partial charge in [0.25, 0.3) is 0 Å². The highest BCUT2D eigenvalue weighted by Crippen LogP contribution is 2.36. The van der Waals surface area contributed by atoms with E-state index in [1.807, 2.05) is 18.2 Å². The maximum absolute atomic E-state index is 12.6. The molecule has 1 aromatic heterocycles. The number of nitrogens with one attached hydrogen (secondary N) is 2. The highest BCUT2D eigenvalue weighted by Gasteiger charge is 2.18. The smallest absolute Gasteiger partial charge is 0.323 e. The summed E-state index contributed by atoms with van der Waals surface area (Å²) in [7, 11) is 0. The lowest BCUT2D eigenvalue weighted by Gasteiger charge is -2.29. The van der Waals surface area contributed by atoms with Crippen molar-refractivity contribution in [2.75, 3.05) is 14.9 Å². The van der Waals surface area contributed by atoms with Crippen molar-refractivity contribution in [2.24, 2.45) is 0 Å². The predicted molar refractivity (Wildman–Crippen MR) is 126 cm³/mol. The predicted octanol–water partition coefficient (Wildman–Crippen LogP) is 5.57. The Balaban J connectivity index is 1.71. The molecule has 0 saturated heterocycles. The van der Waals surface area contributed by atoms with Gasteiger partial charge in [0, 0.05) is 16.1 Å². The number of pyridine rings is 1. The molecule has 1 atom stereocenters. The van der Waals surface area contributed by atoms with Gasteiger partial charge in [0.15, 0.2) is 0 Å². The van der Waals surface area contributed by atoms with Gasteiger partial charge in [-0.25, -0.2) is 4.79 Å². The van der Waals surface area contributed by atoms with E-state index in [9.17, 15) is 13.6 Å². The van der Waals surface area contributed by atoms with E-state index in [2.05, 4.69) is 31.5 Å². The van der Waals surface area contributed by atoms with Crippen LogP contribution in [-0.4, -0.2) is 19.8 Å². The summed E-state index contributed by atoms with van der Waals surface area (Å²) in [6.45, 7) is 0. The van der Waals surface area contributed by atoms with E-state index in [0.717, 1.165) is 14.2 Å². The zero-order chi connectivity index (χ0) is 21.8. The number of carbonyl (C=O) groups is 1. The summed E-state index contributed by atoms with van der Waals surface area (Å²) in [5, 5.41) is 6.27. The SMILES string of the molecule is O=C(Nc1ccccc1Br)Nc1ccccc1N(c1cccc2cccnc12)S(=O)[O-]. The van der Waals surface area contributed by atoms with Crippen LogP contribution in [0.3, 0.4) is 0 Å². The second-order valence-electron chi connectivity index (χ2n) is 6.44. The Morgan fingerprint density at radius 3 is 2.29 bits per heavy atom. The summed E-state index contributed by atoms with van der Waals surface area (Å²) < 4.78 is 26.4. The summed E-state index contributed by atoms with van der Waals surface area (Å²) in [6, 6.07) is 22.3. The molecule has 7 nitrogen and oxygen atoms in total. The number of benzene rings is 3. The van der Waals surface area contributed by atoms with E-state index in [1.165, 1.54) is 0 Å². The minimum absolute atomic E-state index is 0.288. The molecule has 9 heteroatoms. The van der Waals surface area contributed by atoms with Gasteiger partial charge in [0.1, 0.15) is 0 Å². The van der Waals surface area contributed by atoms with Crippen LogP contribution in [0.4, 0.5) is 27.5 Å². The monoisotopic (exact) mass is 495 g/mol. The fourth-order valence-corrected chi connectivity index (χ4v) is 4.15. The Morgan fingerprint density at radius 1 is 0.871 bits per heavy atom. The Hall–Kier alpha value is -3.27. The highest BCUT2D eigenvalue weighted by molar-refractivity contribution is 9.10. The lowest BCUT2D eigenvalue weighted by atomic mass is 10.1. The third kappa shape index (κ3) is 4.58. The molecule has 0 aliphatic heterocycles. The number of para-hydroxylation sites is 4. The average molecular weight is 496 g/mol. The fraction of sp³-hybridized carbons (Fsp3) is 0. The van der Waals surface area contributed by atoms with Crippen LogP contribution < -0.4 is 14.9 Å². The van der Waals surface area contributed by atoms with E-state index >= 15 is 0 Å². The van der Waals surface area contributed by atoms with Gasteiger partial charge in [-0.2, -0.15) is 0 Å². The Morgan fingerprint density at radius 2 is 1.52 bits per heavy atom. The van der Waals surface area contributed by atoms with Crippen molar-refractivity contribution in [1.82, 2.24) is 4.98 Å². The first-order valence-corrected chi connectivity index (χ1v) is 11.0. The summed E-state index contributed by atoms with van der Waals surface area (Å²) >= 11 is 0.717. The van der Waals surface area contributed by atoms with Crippen molar-refractivity contribution in [1.29, 1.82) is 0 Å². The number of anilines is 4. The number of hydrogen-bond acceptors (Lipinski definition) is 4. The lowest BCUT2D eigenvalue weighted by molar-refractivity contribution is 0.262. The number of aromatic nitrogens is 1. The molecule has 0 spiro atoms. The first-order valence-electron chi connectivity index (χ1n) is 9.19. The van der Waals surface area contributed by atoms with E-state index in [-0.39, 0.29) is 5.69 Å². The number of hydrogen-bond donors (Lipinski definition) is 2. The van der Waals surface area contributed by atoms with Crippen molar-refractivity contribution >= 4 is 66.9 Å². The van der Waals surface area contributed by atoms with Crippen molar-refractivity contribution in [3.63, 3.8) is 0 Å². The Labute approximate surface area is 189 Å². The number of urea groups is 1. The molecule has 0 saturated carbocycles. The molecule has 2 N–H and O–H groups in total. The molecule has 3 aromatic carbocycles. The summed E-state index contributed by atoms with van der Waals surface area (Å²) in [5.41, 5.74) is 2.11. The van der Waals surface area contributed by atoms with Gasteiger partial charge in [0.2, 0.25) is 0 Å². The van der Waals surface area contributed by atoms with Gasteiger partial charge in [-0.3, -0.25) is 13.5 Å². The van der Waals surface area contributed by atoms with Crippen LogP contribution in [0.25, 0.3) is 10.9 Å². The van der Waals surface area contributed by atoms with E-state index in [0.29, 0.717) is 22.6 Å². The number of fused-ring (bicyclic) bond motifs is 1. The third-order valence-electron chi connectivity index (χ3n) is 4.47. The van der Waals surface area contributed by atoms with Crippen LogP contribution in [0.15, 0.2) is 89.5 Å². The molecule has 156 valence electrons. The molecule has 0 fully saturated rings. The van der Waals surface area contributed by atoms with Gasteiger partial charge >= 0.3 is 6.03 Å². The van der Waals surface area contributed by atoms with Crippen molar-refractivity contribution < 1.29 is 13.6 Å². The zero-order valence-electron chi connectivity index (χ0n) is 16.0. The van der Waals surface area contributed by atoms with Crippen LogP contribution in [-0.2, 0) is 11.3 Å². The van der Waals surface area contributed by atoms with Crippen molar-refractivity contribution in [3.8, 4) is 0 Å². The number of carbonyl (C=O) groups excluding carboxylic acids is 1. The molecular formula is C22H16BrN4O3S-. The molecule has 4 rings (SSSR count). The second-order valence-corrected chi connectivity index (χ2v) is 8.09. The third-order valence-corrected chi connectivity index (χ3v) is 5.86. The molecule has 4 aromatic rings. The molecule has 1 heterocycles. The normalized spacial score (nSPS) is 11.7. The fourth-order valence-electron chi connectivity index (χ4n) is 3.14. The molecule has 0 aliphatic rings. The van der Waals surface area contributed by atoms with Crippen LogP contribution in [0.2, 0.25) is 0 Å². The van der Waals surface area contributed by atoms with Gasteiger partial charge in [-0.1, -0.05) is 42.5 Å². The number of halogens is 1. The van der Waals surface area contributed by atoms with Crippen molar-refractivity contribution in [2.45, 2.75) is 0 Å². The largest absolute Gasteiger partial charge is 0.755 e. The molecule has 2 amide bonds. The van der Waals surface area contributed by atoms with Gasteiger partial charge in [-0.05, 0) is 52.3 Å². The molecular weight excluding hydrogens is 480 g/mol. The van der Waals surface area contributed by atoms with Crippen molar-refractivity contribution in [3.05, 3.63) is 89.5 Å².